The summed E-state index contributed by atoms with van der Waals surface area (Å²) in [5, 5.41) is 2.78. The number of hydrogen-bond donors (Lipinski definition) is 2. The molecule has 0 bridgehead atoms. The third kappa shape index (κ3) is 2.58. The van der Waals surface area contributed by atoms with Gasteiger partial charge in [0.1, 0.15) is 0 Å². The van der Waals surface area contributed by atoms with Gasteiger partial charge in [0, 0.05) is 10.8 Å². The zero-order chi connectivity index (χ0) is 13.6. The van der Waals surface area contributed by atoms with E-state index in [-0.39, 0.29) is 17.2 Å². The SMILES string of the molecule is CC1(C)CC(C(NN)c2sccc2Cl)C(C)(C)O1. The molecule has 1 aliphatic heterocycles. The van der Waals surface area contributed by atoms with Crippen LogP contribution in [0.25, 0.3) is 0 Å². The third-order valence-corrected chi connectivity index (χ3v) is 5.09. The molecule has 1 fully saturated rings. The molecule has 1 aliphatic rings. The number of thiophene rings is 1. The molecule has 0 spiro atoms. The molecule has 5 heteroatoms. The van der Waals surface area contributed by atoms with Crippen molar-refractivity contribution in [1.82, 2.24) is 5.43 Å². The molecule has 2 atom stereocenters. The van der Waals surface area contributed by atoms with Crippen LogP contribution < -0.4 is 11.3 Å². The van der Waals surface area contributed by atoms with E-state index in [4.69, 9.17) is 22.2 Å². The van der Waals surface area contributed by atoms with Crippen LogP contribution in [-0.4, -0.2) is 11.2 Å². The van der Waals surface area contributed by atoms with Crippen LogP contribution in [0.5, 0.6) is 0 Å². The minimum atomic E-state index is -0.214. The Kier molecular flexibility index (Phi) is 3.78. The Morgan fingerprint density at radius 3 is 2.56 bits per heavy atom. The summed E-state index contributed by atoms with van der Waals surface area (Å²) in [7, 11) is 0. The first-order valence-corrected chi connectivity index (χ1v) is 7.42. The summed E-state index contributed by atoms with van der Waals surface area (Å²) in [5.74, 6) is 6.06. The normalized spacial score (nSPS) is 27.3. The van der Waals surface area contributed by atoms with Gasteiger partial charge in [-0.3, -0.25) is 11.3 Å². The maximum absolute atomic E-state index is 6.23. The third-order valence-electron chi connectivity index (χ3n) is 3.65. The highest BCUT2D eigenvalue weighted by Gasteiger charge is 2.49. The van der Waals surface area contributed by atoms with Crippen molar-refractivity contribution in [3.8, 4) is 0 Å². The first-order valence-electron chi connectivity index (χ1n) is 6.16. The van der Waals surface area contributed by atoms with Crippen LogP contribution >= 0.6 is 22.9 Å². The Morgan fingerprint density at radius 1 is 1.50 bits per heavy atom. The molecule has 0 radical (unpaired) electrons. The first kappa shape index (κ1) is 14.3. The molecule has 0 amide bonds. The average Bonchev–Trinajstić information content (AvgIpc) is 2.71. The van der Waals surface area contributed by atoms with Crippen LogP contribution in [0.1, 0.15) is 45.0 Å². The highest BCUT2D eigenvalue weighted by molar-refractivity contribution is 7.10. The summed E-state index contributed by atoms with van der Waals surface area (Å²) < 4.78 is 6.14. The number of nitrogens with two attached hydrogens (primary N) is 1. The number of nitrogens with one attached hydrogen (secondary N) is 1. The van der Waals surface area contributed by atoms with Gasteiger partial charge in [-0.05, 0) is 45.6 Å². The molecular weight excluding hydrogens is 268 g/mol. The quantitative estimate of drug-likeness (QED) is 0.661. The van der Waals surface area contributed by atoms with Crippen LogP contribution in [0, 0.1) is 5.92 Å². The second-order valence-corrected chi connectivity index (χ2v) is 7.41. The maximum Gasteiger partial charge on any atom is 0.0681 e. The Morgan fingerprint density at radius 2 is 2.17 bits per heavy atom. The molecule has 2 rings (SSSR count). The molecule has 18 heavy (non-hydrogen) atoms. The van der Waals surface area contributed by atoms with Crippen molar-refractivity contribution in [2.24, 2.45) is 11.8 Å². The molecule has 3 nitrogen and oxygen atoms in total. The minimum Gasteiger partial charge on any atom is -0.369 e. The molecule has 102 valence electrons. The standard InChI is InChI=1S/C13H21ClN2OS/c1-12(2)7-8(13(3,4)17-12)10(16-15)11-9(14)5-6-18-11/h5-6,8,10,16H,7,15H2,1-4H3. The number of halogens is 1. The van der Waals surface area contributed by atoms with E-state index in [1.807, 2.05) is 11.4 Å². The molecule has 3 N–H and O–H groups in total. The molecule has 0 aromatic carbocycles. The van der Waals surface area contributed by atoms with Gasteiger partial charge in [-0.25, -0.2) is 0 Å². The zero-order valence-electron chi connectivity index (χ0n) is 11.3. The van der Waals surface area contributed by atoms with Crippen LogP contribution in [0.4, 0.5) is 0 Å². The van der Waals surface area contributed by atoms with Crippen molar-refractivity contribution in [3.63, 3.8) is 0 Å². The van der Waals surface area contributed by atoms with Crippen molar-refractivity contribution in [1.29, 1.82) is 0 Å². The molecule has 1 saturated heterocycles. The van der Waals surface area contributed by atoms with E-state index in [9.17, 15) is 0 Å². The minimum absolute atomic E-state index is 0.0364. The summed E-state index contributed by atoms with van der Waals surface area (Å²) >= 11 is 7.87. The summed E-state index contributed by atoms with van der Waals surface area (Å²) in [4.78, 5) is 1.10. The van der Waals surface area contributed by atoms with Gasteiger partial charge in [0.05, 0.1) is 22.3 Å². The van der Waals surface area contributed by atoms with Crippen molar-refractivity contribution >= 4 is 22.9 Å². The smallest absolute Gasteiger partial charge is 0.0681 e. The van der Waals surface area contributed by atoms with E-state index in [0.29, 0.717) is 5.92 Å². The Labute approximate surface area is 118 Å². The number of ether oxygens (including phenoxy) is 1. The Hall–Kier alpha value is -0.130. The predicted molar refractivity (Wildman–Crippen MR) is 76.7 cm³/mol. The molecule has 0 saturated carbocycles. The van der Waals surface area contributed by atoms with Gasteiger partial charge >= 0.3 is 0 Å². The van der Waals surface area contributed by atoms with Crippen LogP contribution in [0.2, 0.25) is 5.02 Å². The lowest BCUT2D eigenvalue weighted by Gasteiger charge is -2.32. The van der Waals surface area contributed by atoms with Crippen LogP contribution in [0.15, 0.2) is 11.4 Å². The van der Waals surface area contributed by atoms with E-state index in [2.05, 4.69) is 33.1 Å². The lowest BCUT2D eigenvalue weighted by molar-refractivity contribution is -0.0777. The van der Waals surface area contributed by atoms with Crippen molar-refractivity contribution in [2.45, 2.75) is 51.4 Å². The average molecular weight is 289 g/mol. The van der Waals surface area contributed by atoms with Gasteiger partial charge in [-0.2, -0.15) is 0 Å². The second-order valence-electron chi connectivity index (χ2n) is 6.05. The van der Waals surface area contributed by atoms with E-state index in [0.717, 1.165) is 16.3 Å². The number of rotatable bonds is 3. The number of hydrogen-bond acceptors (Lipinski definition) is 4. The van der Waals surface area contributed by atoms with E-state index >= 15 is 0 Å². The first-order chi connectivity index (χ1) is 8.27. The zero-order valence-corrected chi connectivity index (χ0v) is 12.9. The van der Waals surface area contributed by atoms with Crippen molar-refractivity contribution in [2.75, 3.05) is 0 Å². The van der Waals surface area contributed by atoms with Crippen molar-refractivity contribution < 1.29 is 4.74 Å². The highest BCUT2D eigenvalue weighted by Crippen LogP contribution is 2.49. The van der Waals surface area contributed by atoms with Crippen LogP contribution in [0.3, 0.4) is 0 Å². The second kappa shape index (κ2) is 4.76. The summed E-state index contributed by atoms with van der Waals surface area (Å²) in [5.41, 5.74) is 2.59. The Balaban J connectivity index is 2.32. The topological polar surface area (TPSA) is 47.3 Å². The van der Waals surface area contributed by atoms with Gasteiger partial charge in [-0.1, -0.05) is 11.6 Å². The molecule has 0 aliphatic carbocycles. The largest absolute Gasteiger partial charge is 0.369 e. The fourth-order valence-corrected chi connectivity index (χ4v) is 4.33. The van der Waals surface area contributed by atoms with Crippen LogP contribution in [-0.2, 0) is 4.74 Å². The van der Waals surface area contributed by atoms with Gasteiger partial charge in [0.25, 0.3) is 0 Å². The van der Waals surface area contributed by atoms with Gasteiger partial charge in [0.2, 0.25) is 0 Å². The summed E-state index contributed by atoms with van der Waals surface area (Å²) in [6, 6.07) is 1.95. The molecule has 1 aromatic rings. The van der Waals surface area contributed by atoms with Gasteiger partial charge in [0.15, 0.2) is 0 Å². The molecular formula is C13H21ClN2OS. The molecule has 1 aromatic heterocycles. The lowest BCUT2D eigenvalue weighted by atomic mass is 9.81. The molecule has 2 heterocycles. The summed E-state index contributed by atoms with van der Waals surface area (Å²) in [6.45, 7) is 8.49. The fourth-order valence-electron chi connectivity index (χ4n) is 3.03. The Bertz CT molecular complexity index is 430. The van der Waals surface area contributed by atoms with Crippen molar-refractivity contribution in [3.05, 3.63) is 21.3 Å². The van der Waals surface area contributed by atoms with E-state index in [1.165, 1.54) is 0 Å². The van der Waals surface area contributed by atoms with Gasteiger partial charge < -0.3 is 4.74 Å². The maximum atomic E-state index is 6.23. The fraction of sp³-hybridized carbons (Fsp3) is 0.692. The number of hydrazine groups is 1. The highest BCUT2D eigenvalue weighted by atomic mass is 35.5. The molecule has 2 unspecified atom stereocenters. The predicted octanol–water partition coefficient (Wildman–Crippen LogP) is 3.50. The summed E-state index contributed by atoms with van der Waals surface area (Å²) in [6.07, 6.45) is 0.961. The van der Waals surface area contributed by atoms with E-state index in [1.54, 1.807) is 11.3 Å². The van der Waals surface area contributed by atoms with Gasteiger partial charge in [-0.15, -0.1) is 11.3 Å². The monoisotopic (exact) mass is 288 g/mol. The van der Waals surface area contributed by atoms with E-state index < -0.39 is 0 Å². The lowest BCUT2D eigenvalue weighted by Crippen LogP contribution is -2.41.